The molecule has 1 aliphatic rings. The topological polar surface area (TPSA) is 54.0 Å². The van der Waals surface area contributed by atoms with Gasteiger partial charge in [-0.05, 0) is 19.1 Å². The maximum Gasteiger partial charge on any atom is 0.310 e. The second kappa shape index (κ2) is 7.11. The summed E-state index contributed by atoms with van der Waals surface area (Å²) in [7, 11) is 0. The minimum atomic E-state index is -0.525. The maximum absolute atomic E-state index is 11.3. The smallest absolute Gasteiger partial charge is 0.310 e. The minimum absolute atomic E-state index is 0.121. The van der Waals surface area contributed by atoms with Crippen molar-refractivity contribution in [2.75, 3.05) is 19.8 Å². The number of carbonyl (C=O) groups excluding carboxylic acids is 1. The molecule has 2 atom stereocenters. The van der Waals surface area contributed by atoms with Crippen molar-refractivity contribution in [3.05, 3.63) is 30.3 Å². The molecule has 1 saturated heterocycles. The van der Waals surface area contributed by atoms with Gasteiger partial charge in [0.1, 0.15) is 18.5 Å². The maximum atomic E-state index is 11.3. The number of hydrogen-bond donors (Lipinski definition) is 0. The lowest BCUT2D eigenvalue weighted by molar-refractivity contribution is -0.152. The van der Waals surface area contributed by atoms with Gasteiger partial charge in [-0.2, -0.15) is 0 Å². The van der Waals surface area contributed by atoms with Gasteiger partial charge >= 0.3 is 5.97 Å². The highest BCUT2D eigenvalue weighted by atomic mass is 16.7. The molecule has 1 aromatic carbocycles. The van der Waals surface area contributed by atoms with Crippen molar-refractivity contribution in [2.45, 2.75) is 25.7 Å². The van der Waals surface area contributed by atoms with Crippen LogP contribution in [0.25, 0.3) is 0 Å². The molecule has 0 aliphatic carbocycles. The summed E-state index contributed by atoms with van der Waals surface area (Å²) in [6.07, 6.45) is -0.557. The average Bonchev–Trinajstić information content (AvgIpc) is 2.85. The molecule has 104 valence electrons. The molecule has 0 aromatic heterocycles. The van der Waals surface area contributed by atoms with Crippen molar-refractivity contribution in [1.82, 2.24) is 0 Å². The number of esters is 1. The Morgan fingerprint density at radius 3 is 2.89 bits per heavy atom. The predicted molar refractivity (Wildman–Crippen MR) is 67.8 cm³/mol. The summed E-state index contributed by atoms with van der Waals surface area (Å²) < 4.78 is 21.3. The van der Waals surface area contributed by atoms with E-state index in [1.807, 2.05) is 30.3 Å². The van der Waals surface area contributed by atoms with Gasteiger partial charge < -0.3 is 18.9 Å². The highest BCUT2D eigenvalue weighted by molar-refractivity contribution is 5.69. The molecule has 1 aromatic rings. The molecule has 2 rings (SSSR count). The number of ether oxygens (including phenoxy) is 4. The first-order chi connectivity index (χ1) is 9.28. The number of carbonyl (C=O) groups is 1. The molecular weight excluding hydrogens is 248 g/mol. The molecular formula is C14H18O5. The van der Waals surface area contributed by atoms with Gasteiger partial charge in [0.2, 0.25) is 0 Å². The van der Waals surface area contributed by atoms with Crippen LogP contribution >= 0.6 is 0 Å². The number of rotatable bonds is 6. The second-order valence-corrected chi connectivity index (χ2v) is 4.15. The van der Waals surface area contributed by atoms with Crippen molar-refractivity contribution in [3.8, 4) is 5.75 Å². The van der Waals surface area contributed by atoms with Crippen LogP contribution in [0.15, 0.2) is 30.3 Å². The minimum Gasteiger partial charge on any atom is -0.491 e. The molecule has 1 heterocycles. The number of para-hydroxylation sites is 1. The molecule has 1 aliphatic heterocycles. The van der Waals surface area contributed by atoms with Crippen molar-refractivity contribution < 1.29 is 23.7 Å². The Bertz CT molecular complexity index is 392. The molecule has 0 bridgehead atoms. The summed E-state index contributed by atoms with van der Waals surface area (Å²) in [6.45, 7) is 2.97. The summed E-state index contributed by atoms with van der Waals surface area (Å²) in [6, 6.07) is 9.50. The molecule has 5 heteroatoms. The molecule has 19 heavy (non-hydrogen) atoms. The molecule has 5 nitrogen and oxygen atoms in total. The third-order valence-corrected chi connectivity index (χ3v) is 2.63. The van der Waals surface area contributed by atoms with E-state index in [-0.39, 0.29) is 18.5 Å². The fourth-order valence-electron chi connectivity index (χ4n) is 1.76. The zero-order valence-corrected chi connectivity index (χ0v) is 10.9. The molecule has 0 saturated carbocycles. The predicted octanol–water partition coefficient (Wildman–Crippen LogP) is 1.76. The Labute approximate surface area is 112 Å². The van der Waals surface area contributed by atoms with Gasteiger partial charge in [-0.15, -0.1) is 0 Å². The van der Waals surface area contributed by atoms with Crippen LogP contribution in [0.1, 0.15) is 13.3 Å². The Hall–Kier alpha value is -1.59. The molecule has 0 N–H and O–H groups in total. The quantitative estimate of drug-likeness (QED) is 0.734. The van der Waals surface area contributed by atoms with E-state index < -0.39 is 6.29 Å². The molecule has 0 radical (unpaired) electrons. The van der Waals surface area contributed by atoms with Crippen LogP contribution in [0.2, 0.25) is 0 Å². The van der Waals surface area contributed by atoms with Crippen LogP contribution in [0.5, 0.6) is 5.75 Å². The summed E-state index contributed by atoms with van der Waals surface area (Å²) in [5, 5.41) is 0. The Kier molecular flexibility index (Phi) is 5.18. The van der Waals surface area contributed by atoms with Crippen LogP contribution in [-0.4, -0.2) is 38.2 Å². The van der Waals surface area contributed by atoms with Crippen LogP contribution in [0.4, 0.5) is 0 Å². The summed E-state index contributed by atoms with van der Waals surface area (Å²) in [4.78, 5) is 11.3. The van der Waals surface area contributed by atoms with Gasteiger partial charge in [-0.3, -0.25) is 4.79 Å². The van der Waals surface area contributed by atoms with E-state index in [1.54, 1.807) is 6.92 Å². The first-order valence-electron chi connectivity index (χ1n) is 6.38. The van der Waals surface area contributed by atoms with E-state index in [1.165, 1.54) is 0 Å². The highest BCUT2D eigenvalue weighted by Gasteiger charge is 2.28. The number of benzene rings is 1. The van der Waals surface area contributed by atoms with Crippen molar-refractivity contribution in [1.29, 1.82) is 0 Å². The van der Waals surface area contributed by atoms with Crippen molar-refractivity contribution in [3.63, 3.8) is 0 Å². The lowest BCUT2D eigenvalue weighted by atomic mass is 10.3. The second-order valence-electron chi connectivity index (χ2n) is 4.15. The molecule has 0 amide bonds. The molecule has 0 spiro atoms. The monoisotopic (exact) mass is 266 g/mol. The van der Waals surface area contributed by atoms with E-state index >= 15 is 0 Å². The largest absolute Gasteiger partial charge is 0.491 e. The average molecular weight is 266 g/mol. The van der Waals surface area contributed by atoms with E-state index in [9.17, 15) is 4.79 Å². The van der Waals surface area contributed by atoms with Crippen molar-refractivity contribution in [2.24, 2.45) is 0 Å². The van der Waals surface area contributed by atoms with Gasteiger partial charge in [-0.1, -0.05) is 18.2 Å². The van der Waals surface area contributed by atoms with E-state index in [0.717, 1.165) is 5.75 Å². The van der Waals surface area contributed by atoms with Crippen LogP contribution in [0, 0.1) is 0 Å². The lowest BCUT2D eigenvalue weighted by Crippen LogP contribution is -2.22. The lowest BCUT2D eigenvalue weighted by Gasteiger charge is -2.12. The highest BCUT2D eigenvalue weighted by Crippen LogP contribution is 2.17. The normalized spacial score (nSPS) is 22.2. The standard InChI is InChI=1S/C14H18O5/c1-2-16-13(15)8-14-18-10-12(19-14)9-17-11-6-4-3-5-7-11/h3-7,12,14H,2,8-10H2,1H3. The van der Waals surface area contributed by atoms with Crippen LogP contribution in [0.3, 0.4) is 0 Å². The van der Waals surface area contributed by atoms with Crippen LogP contribution < -0.4 is 4.74 Å². The van der Waals surface area contributed by atoms with E-state index in [4.69, 9.17) is 18.9 Å². The van der Waals surface area contributed by atoms with Gasteiger partial charge in [0.05, 0.1) is 19.6 Å². The van der Waals surface area contributed by atoms with Gasteiger partial charge in [0, 0.05) is 0 Å². The molecule has 2 unspecified atom stereocenters. The fourth-order valence-corrected chi connectivity index (χ4v) is 1.76. The third kappa shape index (κ3) is 4.54. The Balaban J connectivity index is 1.69. The zero-order valence-electron chi connectivity index (χ0n) is 10.9. The van der Waals surface area contributed by atoms with E-state index in [2.05, 4.69) is 0 Å². The Morgan fingerprint density at radius 1 is 1.37 bits per heavy atom. The summed E-state index contributed by atoms with van der Waals surface area (Å²) in [5.41, 5.74) is 0. The first kappa shape index (κ1) is 13.8. The summed E-state index contributed by atoms with van der Waals surface area (Å²) in [5.74, 6) is 0.483. The molecule has 1 fully saturated rings. The zero-order chi connectivity index (χ0) is 13.5. The Morgan fingerprint density at radius 2 is 2.16 bits per heavy atom. The van der Waals surface area contributed by atoms with Gasteiger partial charge in [0.15, 0.2) is 6.29 Å². The van der Waals surface area contributed by atoms with E-state index in [0.29, 0.717) is 19.8 Å². The fraction of sp³-hybridized carbons (Fsp3) is 0.500. The van der Waals surface area contributed by atoms with Gasteiger partial charge in [0.25, 0.3) is 0 Å². The number of hydrogen-bond acceptors (Lipinski definition) is 5. The van der Waals surface area contributed by atoms with Crippen LogP contribution in [-0.2, 0) is 19.0 Å². The SMILES string of the molecule is CCOC(=O)CC1OCC(COc2ccccc2)O1. The van der Waals surface area contributed by atoms with Gasteiger partial charge in [-0.25, -0.2) is 0 Å². The summed E-state index contributed by atoms with van der Waals surface area (Å²) >= 11 is 0. The third-order valence-electron chi connectivity index (χ3n) is 2.63. The van der Waals surface area contributed by atoms with Crippen molar-refractivity contribution >= 4 is 5.97 Å². The first-order valence-corrected chi connectivity index (χ1v) is 6.38.